The second-order valence-corrected chi connectivity index (χ2v) is 5.57. The molecule has 0 saturated carbocycles. The summed E-state index contributed by atoms with van der Waals surface area (Å²) >= 11 is 12.0. The lowest BCUT2D eigenvalue weighted by Crippen LogP contribution is -1.94. The number of anilines is 1. The highest BCUT2D eigenvalue weighted by Crippen LogP contribution is 2.36. The van der Waals surface area contributed by atoms with E-state index < -0.39 is 0 Å². The number of benzene rings is 3. The summed E-state index contributed by atoms with van der Waals surface area (Å²) in [5, 5.41) is 12.3. The Morgan fingerprint density at radius 1 is 0.857 bits per heavy atom. The smallest absolute Gasteiger partial charge is 0.101 e. The van der Waals surface area contributed by atoms with Crippen molar-refractivity contribution in [3.8, 4) is 17.2 Å². The van der Waals surface area contributed by atoms with Crippen LogP contribution in [0.15, 0.2) is 48.5 Å². The number of hydrogen-bond donors (Lipinski definition) is 1. The molecule has 21 heavy (non-hydrogen) atoms. The zero-order chi connectivity index (χ0) is 15.0. The van der Waals surface area contributed by atoms with Crippen LogP contribution in [0.3, 0.4) is 0 Å². The van der Waals surface area contributed by atoms with Crippen LogP contribution >= 0.6 is 23.2 Å². The molecule has 0 aliphatic rings. The highest BCUT2D eigenvalue weighted by molar-refractivity contribution is 6.32. The number of nitriles is 1. The molecule has 2 nitrogen and oxygen atoms in total. The van der Waals surface area contributed by atoms with Gasteiger partial charge in [0.2, 0.25) is 0 Å². The van der Waals surface area contributed by atoms with Crippen LogP contribution in [0.4, 0.5) is 5.69 Å². The molecule has 0 saturated heterocycles. The molecule has 0 aliphatic heterocycles. The van der Waals surface area contributed by atoms with Gasteiger partial charge in [0.1, 0.15) is 6.07 Å². The largest absolute Gasteiger partial charge is 0.397 e. The number of nitrogen functional groups attached to an aromatic ring is 1. The number of rotatable bonds is 1. The van der Waals surface area contributed by atoms with Gasteiger partial charge in [-0.2, -0.15) is 5.26 Å². The van der Waals surface area contributed by atoms with Gasteiger partial charge in [0.05, 0.1) is 11.3 Å². The van der Waals surface area contributed by atoms with Crippen LogP contribution in [0.25, 0.3) is 21.9 Å². The summed E-state index contributed by atoms with van der Waals surface area (Å²) in [6.45, 7) is 0. The van der Waals surface area contributed by atoms with Crippen LogP contribution in [0.5, 0.6) is 0 Å². The lowest BCUT2D eigenvalue weighted by molar-refractivity contribution is 1.49. The lowest BCUT2D eigenvalue weighted by Gasteiger charge is -2.11. The number of hydrogen-bond acceptors (Lipinski definition) is 2. The summed E-state index contributed by atoms with van der Waals surface area (Å²) < 4.78 is 0. The Kier molecular flexibility index (Phi) is 3.47. The molecular formula is C17H10Cl2N2. The van der Waals surface area contributed by atoms with Crippen molar-refractivity contribution in [3.05, 3.63) is 64.1 Å². The van der Waals surface area contributed by atoms with Gasteiger partial charge in [-0.05, 0) is 46.8 Å². The van der Waals surface area contributed by atoms with Crippen molar-refractivity contribution >= 4 is 39.7 Å². The molecule has 0 aliphatic carbocycles. The van der Waals surface area contributed by atoms with Gasteiger partial charge in [-0.3, -0.25) is 0 Å². The first-order chi connectivity index (χ1) is 10.1. The van der Waals surface area contributed by atoms with Crippen LogP contribution in [0, 0.1) is 11.3 Å². The third-order valence-electron chi connectivity index (χ3n) is 3.42. The Morgan fingerprint density at radius 3 is 2.19 bits per heavy atom. The van der Waals surface area contributed by atoms with Crippen LogP contribution in [-0.2, 0) is 0 Å². The molecule has 4 heteroatoms. The van der Waals surface area contributed by atoms with Crippen molar-refractivity contribution in [3.63, 3.8) is 0 Å². The Labute approximate surface area is 132 Å². The van der Waals surface area contributed by atoms with E-state index in [0.29, 0.717) is 21.3 Å². The second kappa shape index (κ2) is 5.29. The van der Waals surface area contributed by atoms with E-state index >= 15 is 0 Å². The van der Waals surface area contributed by atoms with E-state index in [1.54, 1.807) is 12.1 Å². The summed E-state index contributed by atoms with van der Waals surface area (Å²) in [5.41, 5.74) is 8.86. The summed E-state index contributed by atoms with van der Waals surface area (Å²) in [5.74, 6) is 0. The predicted molar refractivity (Wildman–Crippen MR) is 88.5 cm³/mol. The molecule has 2 N–H and O–H groups in total. The first kappa shape index (κ1) is 13.8. The second-order valence-electron chi connectivity index (χ2n) is 4.69. The average molecular weight is 313 g/mol. The van der Waals surface area contributed by atoms with Crippen molar-refractivity contribution in [1.82, 2.24) is 0 Å². The predicted octanol–water partition coefficient (Wildman–Crippen LogP) is 5.27. The van der Waals surface area contributed by atoms with Gasteiger partial charge in [-0.15, -0.1) is 0 Å². The Hall–Kier alpha value is -2.21. The molecule has 102 valence electrons. The van der Waals surface area contributed by atoms with Crippen molar-refractivity contribution in [2.45, 2.75) is 0 Å². The third kappa shape index (κ3) is 2.42. The highest BCUT2D eigenvalue weighted by atomic mass is 35.5. The molecule has 3 aromatic rings. The highest BCUT2D eigenvalue weighted by Gasteiger charge is 2.11. The van der Waals surface area contributed by atoms with Gasteiger partial charge in [0, 0.05) is 15.4 Å². The topological polar surface area (TPSA) is 49.8 Å². The van der Waals surface area contributed by atoms with Crippen molar-refractivity contribution in [1.29, 1.82) is 5.26 Å². The minimum absolute atomic E-state index is 0.453. The fourth-order valence-corrected chi connectivity index (χ4v) is 2.68. The molecule has 0 radical (unpaired) electrons. The fourth-order valence-electron chi connectivity index (χ4n) is 2.38. The monoisotopic (exact) mass is 312 g/mol. The number of nitrogens with zero attached hydrogens (tertiary/aromatic N) is 1. The minimum atomic E-state index is 0.453. The molecule has 0 amide bonds. The molecule has 0 heterocycles. The molecule has 3 rings (SSSR count). The van der Waals surface area contributed by atoms with Crippen molar-refractivity contribution in [2.75, 3.05) is 5.73 Å². The van der Waals surface area contributed by atoms with Gasteiger partial charge < -0.3 is 5.73 Å². The van der Waals surface area contributed by atoms with E-state index in [2.05, 4.69) is 6.07 Å². The maximum Gasteiger partial charge on any atom is 0.101 e. The fraction of sp³-hybridized carbons (Fsp3) is 0. The van der Waals surface area contributed by atoms with Gasteiger partial charge in [0.15, 0.2) is 0 Å². The van der Waals surface area contributed by atoms with Crippen molar-refractivity contribution < 1.29 is 0 Å². The third-order valence-corrected chi connectivity index (χ3v) is 3.90. The Bertz CT molecular complexity index is 878. The van der Waals surface area contributed by atoms with Gasteiger partial charge in [0.25, 0.3) is 0 Å². The van der Waals surface area contributed by atoms with E-state index in [1.807, 2.05) is 36.4 Å². The number of halogens is 2. The Morgan fingerprint density at radius 2 is 1.52 bits per heavy atom. The Balaban J connectivity index is 2.40. The van der Waals surface area contributed by atoms with Crippen LogP contribution in [0.1, 0.15) is 5.56 Å². The zero-order valence-electron chi connectivity index (χ0n) is 10.9. The maximum atomic E-state index is 9.27. The van der Waals surface area contributed by atoms with E-state index in [1.165, 1.54) is 0 Å². The summed E-state index contributed by atoms with van der Waals surface area (Å²) in [7, 11) is 0. The van der Waals surface area contributed by atoms with Crippen LogP contribution < -0.4 is 5.73 Å². The van der Waals surface area contributed by atoms with E-state index in [-0.39, 0.29) is 0 Å². The van der Waals surface area contributed by atoms with E-state index in [9.17, 15) is 5.26 Å². The van der Waals surface area contributed by atoms with Crippen LogP contribution in [0.2, 0.25) is 10.0 Å². The molecule has 3 aromatic carbocycles. The van der Waals surface area contributed by atoms with E-state index in [0.717, 1.165) is 21.9 Å². The molecule has 0 atom stereocenters. The quantitative estimate of drug-likeness (QED) is 0.622. The van der Waals surface area contributed by atoms with Gasteiger partial charge in [-0.1, -0.05) is 41.4 Å². The van der Waals surface area contributed by atoms with E-state index in [4.69, 9.17) is 28.9 Å². The SMILES string of the molecule is N#Cc1cc(-c2ccc(Cl)cc2)c2cc(Cl)ccc2c1N. The summed E-state index contributed by atoms with van der Waals surface area (Å²) in [4.78, 5) is 0. The zero-order valence-corrected chi connectivity index (χ0v) is 12.4. The first-order valence-corrected chi connectivity index (χ1v) is 7.03. The molecule has 0 unspecified atom stereocenters. The number of nitrogens with two attached hydrogens (primary N) is 1. The number of fused-ring (bicyclic) bond motifs is 1. The van der Waals surface area contributed by atoms with Gasteiger partial charge >= 0.3 is 0 Å². The molecule has 0 aromatic heterocycles. The molecule has 0 fully saturated rings. The standard InChI is InChI=1S/C17H10Cl2N2/c18-12-3-1-10(2-4-12)15-7-11(9-20)17(21)14-6-5-13(19)8-16(14)15/h1-8H,21H2. The summed E-state index contributed by atoms with van der Waals surface area (Å²) in [6, 6.07) is 16.9. The van der Waals surface area contributed by atoms with Crippen molar-refractivity contribution in [2.24, 2.45) is 0 Å². The normalized spacial score (nSPS) is 10.5. The molecule has 0 bridgehead atoms. The van der Waals surface area contributed by atoms with Gasteiger partial charge in [-0.25, -0.2) is 0 Å². The van der Waals surface area contributed by atoms with Crippen LogP contribution in [-0.4, -0.2) is 0 Å². The molecule has 0 spiro atoms. The first-order valence-electron chi connectivity index (χ1n) is 6.28. The summed E-state index contributed by atoms with van der Waals surface area (Å²) in [6.07, 6.45) is 0. The average Bonchev–Trinajstić information content (AvgIpc) is 2.49. The maximum absolute atomic E-state index is 9.27. The lowest BCUT2D eigenvalue weighted by atomic mass is 9.94. The molecular weight excluding hydrogens is 303 g/mol. The minimum Gasteiger partial charge on any atom is -0.397 e.